The maximum atomic E-state index is 12.8. The minimum atomic E-state index is -2.36. The van der Waals surface area contributed by atoms with Crippen molar-refractivity contribution < 1.29 is 28.7 Å². The molecule has 2 amide bonds. The van der Waals surface area contributed by atoms with E-state index in [1.54, 1.807) is 59.4 Å². The fourth-order valence-corrected chi connectivity index (χ4v) is 4.06. The third-order valence-electron chi connectivity index (χ3n) is 4.05. The number of imide groups is 1. The Bertz CT molecular complexity index is 1020. The Hall–Kier alpha value is -2.52. The first-order valence-corrected chi connectivity index (χ1v) is 13.4. The molecule has 0 spiro atoms. The van der Waals surface area contributed by atoms with Crippen molar-refractivity contribution in [2.75, 3.05) is 24.4 Å². The highest BCUT2D eigenvalue weighted by molar-refractivity contribution is 7.62. The highest BCUT2D eigenvalue weighted by Gasteiger charge is 2.35. The molecular weight excluding hydrogens is 449 g/mol. The molecule has 0 aliphatic carbocycles. The summed E-state index contributed by atoms with van der Waals surface area (Å²) in [4.78, 5) is 39.0. The molecule has 0 aliphatic rings. The van der Waals surface area contributed by atoms with Crippen LogP contribution in [0.15, 0.2) is 12.5 Å². The molecule has 0 radical (unpaired) electrons. The maximum Gasteiger partial charge on any atom is 0.427 e. The molecule has 184 valence electrons. The Labute approximate surface area is 193 Å². The fraction of sp³-hybridized carbons (Fsp3) is 0.667. The second kappa shape index (κ2) is 9.77. The number of amides is 2. The number of nitrogens with zero attached hydrogens (tertiary/aromatic N) is 5. The predicted octanol–water partition coefficient (Wildman–Crippen LogP) is 3.88. The van der Waals surface area contributed by atoms with Gasteiger partial charge in [0.15, 0.2) is 5.65 Å². The Morgan fingerprint density at radius 2 is 1.64 bits per heavy atom. The molecule has 0 bridgehead atoms. The molecule has 11 nitrogen and oxygen atoms in total. The highest BCUT2D eigenvalue weighted by atomic mass is 31.2. The molecule has 0 saturated carbocycles. The minimum Gasteiger partial charge on any atom is -0.443 e. The van der Waals surface area contributed by atoms with Crippen molar-refractivity contribution in [1.82, 2.24) is 19.5 Å². The molecule has 2 heterocycles. The number of aryl methyl sites for hydroxylation is 1. The number of aliphatic hydroxyl groups is 1. The van der Waals surface area contributed by atoms with Gasteiger partial charge in [0.1, 0.15) is 16.7 Å². The van der Waals surface area contributed by atoms with Gasteiger partial charge in [-0.25, -0.2) is 19.6 Å². The van der Waals surface area contributed by atoms with Gasteiger partial charge in [-0.1, -0.05) is 0 Å². The van der Waals surface area contributed by atoms with Gasteiger partial charge in [0.05, 0.1) is 25.8 Å². The van der Waals surface area contributed by atoms with Crippen molar-refractivity contribution in [3.63, 3.8) is 0 Å². The number of fused-ring (bicyclic) bond motifs is 1. The number of hydrogen-bond acceptors (Lipinski definition) is 9. The van der Waals surface area contributed by atoms with Crippen LogP contribution in [0, 0.1) is 0 Å². The van der Waals surface area contributed by atoms with Gasteiger partial charge in [-0.15, -0.1) is 4.90 Å². The molecule has 0 saturated heterocycles. The van der Waals surface area contributed by atoms with Crippen LogP contribution in [0.3, 0.4) is 0 Å². The average Bonchev–Trinajstić information content (AvgIpc) is 2.97. The Balaban J connectivity index is 2.38. The summed E-state index contributed by atoms with van der Waals surface area (Å²) < 4.78 is 24.3. The number of rotatable bonds is 6. The first kappa shape index (κ1) is 26.7. The molecule has 33 heavy (non-hydrogen) atoms. The number of aromatic nitrogens is 4. The van der Waals surface area contributed by atoms with Crippen LogP contribution in [0.2, 0.25) is 0 Å². The van der Waals surface area contributed by atoms with Crippen LogP contribution in [0.4, 0.5) is 15.5 Å². The Kier molecular flexibility index (Phi) is 7.91. The average molecular weight is 484 g/mol. The summed E-state index contributed by atoms with van der Waals surface area (Å²) in [6.07, 6.45) is 0.767. The molecule has 1 N–H and O–H groups in total. The molecule has 12 heteroatoms. The van der Waals surface area contributed by atoms with E-state index in [9.17, 15) is 19.3 Å². The van der Waals surface area contributed by atoms with Crippen molar-refractivity contribution in [2.45, 2.75) is 71.8 Å². The van der Waals surface area contributed by atoms with Crippen molar-refractivity contribution in [1.29, 1.82) is 0 Å². The highest BCUT2D eigenvalue weighted by Crippen LogP contribution is 2.37. The summed E-state index contributed by atoms with van der Waals surface area (Å²) in [5.74, 6) is -0.222. The van der Waals surface area contributed by atoms with E-state index in [0.29, 0.717) is 29.0 Å². The van der Waals surface area contributed by atoms with Gasteiger partial charge in [-0.05, 0) is 61.3 Å². The van der Waals surface area contributed by atoms with Crippen LogP contribution in [-0.4, -0.2) is 73.6 Å². The lowest BCUT2D eigenvalue weighted by atomic mass is 10.2. The summed E-state index contributed by atoms with van der Waals surface area (Å²) in [5, 5.41) is 10.2. The maximum absolute atomic E-state index is 12.8. The van der Waals surface area contributed by atoms with E-state index in [1.165, 1.54) is 12.5 Å². The van der Waals surface area contributed by atoms with Crippen molar-refractivity contribution in [3.05, 3.63) is 12.5 Å². The summed E-state index contributed by atoms with van der Waals surface area (Å²) >= 11 is 0. The lowest BCUT2D eigenvalue weighted by Crippen LogP contribution is -2.44. The number of imidazole rings is 1. The lowest BCUT2D eigenvalue weighted by Gasteiger charge is -2.27. The van der Waals surface area contributed by atoms with Crippen molar-refractivity contribution in [2.24, 2.45) is 0 Å². The first-order chi connectivity index (χ1) is 15.0. The Morgan fingerprint density at radius 3 is 2.12 bits per heavy atom. The largest absolute Gasteiger partial charge is 0.443 e. The van der Waals surface area contributed by atoms with Crippen molar-refractivity contribution in [3.8, 4) is 0 Å². The molecule has 2 aromatic rings. The Morgan fingerprint density at radius 1 is 1.09 bits per heavy atom. The second-order valence-electron chi connectivity index (χ2n) is 10.3. The van der Waals surface area contributed by atoms with Gasteiger partial charge in [0.2, 0.25) is 5.95 Å². The number of aliphatic hydroxyl groups excluding tert-OH is 1. The quantitative estimate of drug-likeness (QED) is 0.607. The monoisotopic (exact) mass is 483 g/mol. The zero-order chi connectivity index (χ0) is 25.2. The van der Waals surface area contributed by atoms with Gasteiger partial charge in [-0.3, -0.25) is 0 Å². The van der Waals surface area contributed by atoms with Gasteiger partial charge in [0, 0.05) is 12.7 Å². The van der Waals surface area contributed by atoms with Crippen LogP contribution in [0.25, 0.3) is 11.2 Å². The third kappa shape index (κ3) is 8.40. The number of carbonyl (C=O) groups excluding carboxylic acids is 2. The molecular formula is C21H34N5O6P. The SMILES string of the molecule is CC(C)(C)OC(=O)N(C(=O)OC(C)(C)C)c1ncc2ncn(CC[C@@H](O)CP(C)(C)=O)c2n1. The van der Waals surface area contributed by atoms with Gasteiger partial charge in [-0.2, -0.15) is 4.98 Å². The summed E-state index contributed by atoms with van der Waals surface area (Å²) in [7, 11) is -2.36. The zero-order valence-corrected chi connectivity index (χ0v) is 21.4. The number of carbonyl (C=O) groups is 2. The summed E-state index contributed by atoms with van der Waals surface area (Å²) in [5.41, 5.74) is -0.923. The minimum absolute atomic E-state index is 0.213. The first-order valence-electron chi connectivity index (χ1n) is 10.6. The van der Waals surface area contributed by atoms with Crippen LogP contribution < -0.4 is 4.90 Å². The van der Waals surface area contributed by atoms with Crippen LogP contribution in [0.5, 0.6) is 0 Å². The normalized spacial score (nSPS) is 13.6. The fourth-order valence-electron chi connectivity index (χ4n) is 2.86. The van der Waals surface area contributed by atoms with E-state index in [-0.39, 0.29) is 12.1 Å². The van der Waals surface area contributed by atoms with Crippen LogP contribution >= 0.6 is 7.14 Å². The number of anilines is 1. The standard InChI is InChI=1S/C21H34N5O6P/c1-20(2,3)31-18(28)26(19(29)32-21(4,5)6)17-22-11-15-16(24-17)25(13-23-15)10-9-14(27)12-33(7,8)30/h11,13-14,27H,9-10,12H2,1-8H3/t14-/m1/s1. The number of ether oxygens (including phenoxy) is 2. The smallest absolute Gasteiger partial charge is 0.427 e. The van der Waals surface area contributed by atoms with Crippen LogP contribution in [-0.2, 0) is 20.6 Å². The topological polar surface area (TPSA) is 137 Å². The summed E-state index contributed by atoms with van der Waals surface area (Å²) in [6.45, 7) is 13.6. The molecule has 2 rings (SSSR count). The van der Waals surface area contributed by atoms with Gasteiger partial charge >= 0.3 is 12.2 Å². The van der Waals surface area contributed by atoms with Crippen molar-refractivity contribution >= 4 is 36.4 Å². The lowest BCUT2D eigenvalue weighted by molar-refractivity contribution is 0.0427. The second-order valence-corrected chi connectivity index (χ2v) is 13.8. The zero-order valence-electron chi connectivity index (χ0n) is 20.5. The van der Waals surface area contributed by atoms with E-state index in [1.807, 2.05) is 0 Å². The molecule has 0 fully saturated rings. The van der Waals surface area contributed by atoms with E-state index >= 15 is 0 Å². The number of hydrogen-bond donors (Lipinski definition) is 1. The molecule has 0 aromatic carbocycles. The van der Waals surface area contributed by atoms with Gasteiger partial charge in [0.25, 0.3) is 0 Å². The molecule has 2 aromatic heterocycles. The molecule has 1 atom stereocenters. The predicted molar refractivity (Wildman–Crippen MR) is 125 cm³/mol. The molecule has 0 unspecified atom stereocenters. The molecule has 0 aliphatic heterocycles. The van der Waals surface area contributed by atoms with E-state index in [0.717, 1.165) is 0 Å². The van der Waals surface area contributed by atoms with E-state index in [2.05, 4.69) is 15.0 Å². The van der Waals surface area contributed by atoms with Gasteiger partial charge < -0.3 is 23.7 Å². The van der Waals surface area contributed by atoms with Crippen LogP contribution in [0.1, 0.15) is 48.0 Å². The summed E-state index contributed by atoms with van der Waals surface area (Å²) in [6, 6.07) is 0. The van der Waals surface area contributed by atoms with E-state index in [4.69, 9.17) is 9.47 Å². The third-order valence-corrected chi connectivity index (χ3v) is 5.35. The van der Waals surface area contributed by atoms with E-state index < -0.39 is 36.6 Å².